The van der Waals surface area contributed by atoms with Crippen LogP contribution in [0, 0.1) is 5.82 Å². The summed E-state index contributed by atoms with van der Waals surface area (Å²) in [5.74, 6) is 0.467. The zero-order valence-electron chi connectivity index (χ0n) is 10.2. The molecule has 1 rings (SSSR count). The first-order chi connectivity index (χ1) is 7.36. The summed E-state index contributed by atoms with van der Waals surface area (Å²) in [6.45, 7) is 6.03. The van der Waals surface area contributed by atoms with E-state index in [4.69, 9.17) is 16.3 Å². The number of rotatable bonds is 4. The van der Waals surface area contributed by atoms with E-state index in [-0.39, 0.29) is 16.6 Å². The molecule has 0 saturated heterocycles. The van der Waals surface area contributed by atoms with Crippen molar-refractivity contribution in [2.45, 2.75) is 38.0 Å². The van der Waals surface area contributed by atoms with Gasteiger partial charge in [-0.1, -0.05) is 13.8 Å². The second-order valence-electron chi connectivity index (χ2n) is 4.71. The van der Waals surface area contributed by atoms with Gasteiger partial charge in [0.1, 0.15) is 11.6 Å². The Kier molecular flexibility index (Phi) is 4.20. The van der Waals surface area contributed by atoms with Crippen LogP contribution >= 0.6 is 11.6 Å². The first-order valence-corrected chi connectivity index (χ1v) is 5.78. The average molecular weight is 245 g/mol. The van der Waals surface area contributed by atoms with Gasteiger partial charge < -0.3 is 4.74 Å². The number of methoxy groups -OCH3 is 1. The van der Waals surface area contributed by atoms with Crippen LogP contribution in [0.25, 0.3) is 0 Å². The summed E-state index contributed by atoms with van der Waals surface area (Å²) >= 11 is 6.01. The Morgan fingerprint density at radius 1 is 1.44 bits per heavy atom. The van der Waals surface area contributed by atoms with Gasteiger partial charge >= 0.3 is 0 Å². The second kappa shape index (κ2) is 5.05. The fraction of sp³-hybridized carbons (Fsp3) is 0.538. The van der Waals surface area contributed by atoms with Gasteiger partial charge in [0, 0.05) is 10.9 Å². The SMILES string of the molecule is COc1ccc(F)cc1C(C)(C)CC(C)Cl. The fourth-order valence-corrected chi connectivity index (χ4v) is 2.41. The van der Waals surface area contributed by atoms with Crippen molar-refractivity contribution in [3.8, 4) is 5.75 Å². The summed E-state index contributed by atoms with van der Waals surface area (Å²) in [6, 6.07) is 4.59. The maximum atomic E-state index is 13.3. The van der Waals surface area contributed by atoms with Crippen LogP contribution in [0.1, 0.15) is 32.8 Å². The summed E-state index contributed by atoms with van der Waals surface area (Å²) in [6.07, 6.45) is 0.772. The molecule has 0 heterocycles. The van der Waals surface area contributed by atoms with Gasteiger partial charge in [0.15, 0.2) is 0 Å². The van der Waals surface area contributed by atoms with Crippen molar-refractivity contribution in [2.24, 2.45) is 0 Å². The Bertz CT molecular complexity index is 361. The third kappa shape index (κ3) is 3.11. The number of benzene rings is 1. The van der Waals surface area contributed by atoms with E-state index in [9.17, 15) is 4.39 Å². The molecule has 3 heteroatoms. The standard InChI is InChI=1S/C13H18ClFO/c1-9(14)8-13(2,3)11-7-10(15)5-6-12(11)16-4/h5-7,9H,8H2,1-4H3. The summed E-state index contributed by atoms with van der Waals surface area (Å²) in [4.78, 5) is 0. The lowest BCUT2D eigenvalue weighted by atomic mass is 9.80. The number of hydrogen-bond donors (Lipinski definition) is 0. The molecule has 0 spiro atoms. The van der Waals surface area contributed by atoms with Gasteiger partial charge in [0.2, 0.25) is 0 Å². The largest absolute Gasteiger partial charge is 0.496 e. The first-order valence-electron chi connectivity index (χ1n) is 5.35. The topological polar surface area (TPSA) is 9.23 Å². The smallest absolute Gasteiger partial charge is 0.123 e. The number of halogens is 2. The van der Waals surface area contributed by atoms with Crippen LogP contribution in [0.15, 0.2) is 18.2 Å². The molecule has 1 aromatic rings. The van der Waals surface area contributed by atoms with Crippen molar-refractivity contribution >= 4 is 11.6 Å². The monoisotopic (exact) mass is 244 g/mol. The highest BCUT2D eigenvalue weighted by molar-refractivity contribution is 6.20. The lowest BCUT2D eigenvalue weighted by molar-refractivity contribution is 0.382. The molecule has 0 aliphatic rings. The third-order valence-electron chi connectivity index (χ3n) is 2.68. The molecular formula is C13H18ClFO. The highest BCUT2D eigenvalue weighted by Gasteiger charge is 2.26. The van der Waals surface area contributed by atoms with Gasteiger partial charge in [0.25, 0.3) is 0 Å². The normalized spacial score (nSPS) is 13.6. The minimum atomic E-state index is -0.244. The molecule has 1 atom stereocenters. The fourth-order valence-electron chi connectivity index (χ4n) is 2.02. The Morgan fingerprint density at radius 2 is 2.06 bits per heavy atom. The molecular weight excluding hydrogens is 227 g/mol. The van der Waals surface area contributed by atoms with E-state index in [1.165, 1.54) is 12.1 Å². The minimum Gasteiger partial charge on any atom is -0.496 e. The van der Waals surface area contributed by atoms with Gasteiger partial charge in [0.05, 0.1) is 7.11 Å². The molecule has 0 N–H and O–H groups in total. The number of ether oxygens (including phenoxy) is 1. The predicted molar refractivity (Wildman–Crippen MR) is 65.9 cm³/mol. The molecule has 0 radical (unpaired) electrons. The van der Waals surface area contributed by atoms with Gasteiger partial charge in [-0.15, -0.1) is 11.6 Å². The molecule has 16 heavy (non-hydrogen) atoms. The molecule has 1 unspecified atom stereocenters. The highest BCUT2D eigenvalue weighted by atomic mass is 35.5. The van der Waals surface area contributed by atoms with Crippen molar-refractivity contribution in [1.82, 2.24) is 0 Å². The summed E-state index contributed by atoms with van der Waals surface area (Å²) < 4.78 is 18.5. The van der Waals surface area contributed by atoms with Crippen LogP contribution in [0.5, 0.6) is 5.75 Å². The van der Waals surface area contributed by atoms with Gasteiger partial charge in [-0.3, -0.25) is 0 Å². The molecule has 0 aliphatic heterocycles. The molecule has 1 nitrogen and oxygen atoms in total. The van der Waals surface area contributed by atoms with Crippen LogP contribution in [-0.4, -0.2) is 12.5 Å². The van der Waals surface area contributed by atoms with Crippen LogP contribution < -0.4 is 4.74 Å². The van der Waals surface area contributed by atoms with Crippen LogP contribution in [0.3, 0.4) is 0 Å². The van der Waals surface area contributed by atoms with Crippen molar-refractivity contribution in [3.63, 3.8) is 0 Å². The van der Waals surface area contributed by atoms with E-state index >= 15 is 0 Å². The second-order valence-corrected chi connectivity index (χ2v) is 5.46. The Hall–Kier alpha value is -0.760. The van der Waals surface area contributed by atoms with E-state index in [2.05, 4.69) is 0 Å². The zero-order chi connectivity index (χ0) is 12.3. The van der Waals surface area contributed by atoms with Gasteiger partial charge in [-0.05, 0) is 37.0 Å². The maximum absolute atomic E-state index is 13.3. The minimum absolute atomic E-state index is 0.0444. The van der Waals surface area contributed by atoms with E-state index in [0.717, 1.165) is 12.0 Å². The van der Waals surface area contributed by atoms with E-state index in [0.29, 0.717) is 5.75 Å². The van der Waals surface area contributed by atoms with Crippen LogP contribution in [0.4, 0.5) is 4.39 Å². The van der Waals surface area contributed by atoms with Crippen molar-refractivity contribution in [1.29, 1.82) is 0 Å². The number of alkyl halides is 1. The summed E-state index contributed by atoms with van der Waals surface area (Å²) in [5.41, 5.74) is 0.664. The first kappa shape index (κ1) is 13.3. The summed E-state index contributed by atoms with van der Waals surface area (Å²) in [5, 5.41) is 0.0444. The van der Waals surface area contributed by atoms with Gasteiger partial charge in [-0.2, -0.15) is 0 Å². The van der Waals surface area contributed by atoms with Crippen molar-refractivity contribution in [3.05, 3.63) is 29.6 Å². The molecule has 0 aromatic heterocycles. The van der Waals surface area contributed by atoms with E-state index in [1.807, 2.05) is 20.8 Å². The van der Waals surface area contributed by atoms with Crippen molar-refractivity contribution in [2.75, 3.05) is 7.11 Å². The Labute approximate surface area is 102 Å². The molecule has 0 aliphatic carbocycles. The molecule has 0 bridgehead atoms. The van der Waals surface area contributed by atoms with Crippen molar-refractivity contribution < 1.29 is 9.13 Å². The van der Waals surface area contributed by atoms with Crippen LogP contribution in [0.2, 0.25) is 0 Å². The zero-order valence-corrected chi connectivity index (χ0v) is 10.9. The molecule has 0 saturated carbocycles. The Balaban J connectivity index is 3.14. The molecule has 90 valence electrons. The van der Waals surface area contributed by atoms with E-state index in [1.54, 1.807) is 13.2 Å². The maximum Gasteiger partial charge on any atom is 0.123 e. The van der Waals surface area contributed by atoms with E-state index < -0.39 is 0 Å². The van der Waals surface area contributed by atoms with Gasteiger partial charge in [-0.25, -0.2) is 4.39 Å². The summed E-state index contributed by atoms with van der Waals surface area (Å²) in [7, 11) is 1.59. The quantitative estimate of drug-likeness (QED) is 0.724. The van der Waals surface area contributed by atoms with Crippen LogP contribution in [-0.2, 0) is 5.41 Å². The third-order valence-corrected chi connectivity index (χ3v) is 2.84. The number of hydrogen-bond acceptors (Lipinski definition) is 1. The lowest BCUT2D eigenvalue weighted by Gasteiger charge is -2.28. The molecule has 0 fully saturated rings. The lowest BCUT2D eigenvalue weighted by Crippen LogP contribution is -2.22. The molecule has 0 amide bonds. The highest BCUT2D eigenvalue weighted by Crippen LogP contribution is 2.36. The average Bonchev–Trinajstić information content (AvgIpc) is 2.15. The molecule has 1 aromatic carbocycles. The predicted octanol–water partition coefficient (Wildman–Crippen LogP) is 4.13. The Morgan fingerprint density at radius 3 is 2.56 bits per heavy atom.